The van der Waals surface area contributed by atoms with Gasteiger partial charge in [0.2, 0.25) is 11.8 Å². The molecule has 1 atom stereocenters. The van der Waals surface area contributed by atoms with Crippen LogP contribution in [-0.4, -0.2) is 17.9 Å². The van der Waals surface area contributed by atoms with Crippen molar-refractivity contribution in [3.8, 4) is 0 Å². The molecule has 28 heavy (non-hydrogen) atoms. The third kappa shape index (κ3) is 3.40. The van der Waals surface area contributed by atoms with E-state index in [2.05, 4.69) is 10.6 Å². The second-order valence-corrected chi connectivity index (χ2v) is 6.61. The van der Waals surface area contributed by atoms with E-state index in [4.69, 9.17) is 10.2 Å². The first kappa shape index (κ1) is 17.6. The summed E-state index contributed by atoms with van der Waals surface area (Å²) < 4.78 is 5.83. The number of primary amides is 1. The van der Waals surface area contributed by atoms with E-state index in [1.165, 1.54) is 0 Å². The summed E-state index contributed by atoms with van der Waals surface area (Å²) in [5.74, 6) is -0.695. The van der Waals surface area contributed by atoms with Gasteiger partial charge in [-0.15, -0.1) is 0 Å². The summed E-state index contributed by atoms with van der Waals surface area (Å²) in [6, 6.07) is 19.6. The van der Waals surface area contributed by atoms with Gasteiger partial charge in [0.15, 0.2) is 0 Å². The summed E-state index contributed by atoms with van der Waals surface area (Å²) in [5.41, 5.74) is 8.68. The van der Waals surface area contributed by atoms with Crippen LogP contribution in [0.3, 0.4) is 0 Å². The van der Waals surface area contributed by atoms with Crippen LogP contribution in [0.2, 0.25) is 0 Å². The predicted molar refractivity (Wildman–Crippen MR) is 110 cm³/mol. The SMILES string of the molecule is C[C@H](Nc1ccc2oc3ccccc3c2c1)C(=O)Nc1ccc(C(N)=O)cc1. The van der Waals surface area contributed by atoms with Crippen molar-refractivity contribution in [2.75, 3.05) is 10.6 Å². The van der Waals surface area contributed by atoms with Crippen molar-refractivity contribution in [2.24, 2.45) is 5.73 Å². The maximum absolute atomic E-state index is 12.5. The van der Waals surface area contributed by atoms with Gasteiger partial charge in [-0.3, -0.25) is 9.59 Å². The van der Waals surface area contributed by atoms with Crippen LogP contribution in [0.4, 0.5) is 11.4 Å². The fraction of sp³-hybridized carbons (Fsp3) is 0.0909. The number of hydrogen-bond acceptors (Lipinski definition) is 4. The summed E-state index contributed by atoms with van der Waals surface area (Å²) in [7, 11) is 0. The zero-order valence-corrected chi connectivity index (χ0v) is 15.2. The van der Waals surface area contributed by atoms with Crippen LogP contribution in [0.5, 0.6) is 0 Å². The van der Waals surface area contributed by atoms with E-state index in [0.29, 0.717) is 11.3 Å². The molecular weight excluding hydrogens is 354 g/mol. The summed E-state index contributed by atoms with van der Waals surface area (Å²) in [4.78, 5) is 23.6. The lowest BCUT2D eigenvalue weighted by Crippen LogP contribution is -2.31. The molecular formula is C22H19N3O3. The Morgan fingerprint density at radius 3 is 2.32 bits per heavy atom. The normalized spacial score (nSPS) is 12.0. The molecule has 0 aliphatic heterocycles. The largest absolute Gasteiger partial charge is 0.456 e. The van der Waals surface area contributed by atoms with Crippen LogP contribution in [0.25, 0.3) is 21.9 Å². The van der Waals surface area contributed by atoms with Crippen molar-refractivity contribution in [3.05, 3.63) is 72.3 Å². The highest BCUT2D eigenvalue weighted by atomic mass is 16.3. The quantitative estimate of drug-likeness (QED) is 0.490. The molecule has 0 saturated carbocycles. The molecule has 0 fully saturated rings. The van der Waals surface area contributed by atoms with E-state index >= 15 is 0 Å². The Kier molecular flexibility index (Phi) is 4.45. The molecule has 3 aromatic carbocycles. The van der Waals surface area contributed by atoms with Gasteiger partial charge in [-0.25, -0.2) is 0 Å². The Morgan fingerprint density at radius 1 is 0.893 bits per heavy atom. The van der Waals surface area contributed by atoms with Crippen molar-refractivity contribution in [3.63, 3.8) is 0 Å². The van der Waals surface area contributed by atoms with Gasteiger partial charge in [-0.2, -0.15) is 0 Å². The third-order valence-corrected chi connectivity index (χ3v) is 4.59. The van der Waals surface area contributed by atoms with Crippen molar-refractivity contribution in [2.45, 2.75) is 13.0 Å². The molecule has 0 aliphatic rings. The molecule has 0 radical (unpaired) electrons. The molecule has 0 spiro atoms. The van der Waals surface area contributed by atoms with Crippen molar-refractivity contribution < 1.29 is 14.0 Å². The molecule has 0 unspecified atom stereocenters. The van der Waals surface area contributed by atoms with Crippen molar-refractivity contribution >= 4 is 45.1 Å². The number of carbonyl (C=O) groups is 2. The first-order valence-electron chi connectivity index (χ1n) is 8.90. The van der Waals surface area contributed by atoms with E-state index in [1.54, 1.807) is 31.2 Å². The monoisotopic (exact) mass is 373 g/mol. The zero-order valence-electron chi connectivity index (χ0n) is 15.2. The molecule has 6 nitrogen and oxygen atoms in total. The molecule has 140 valence electrons. The van der Waals surface area contributed by atoms with Crippen LogP contribution < -0.4 is 16.4 Å². The van der Waals surface area contributed by atoms with Gasteiger partial charge in [0.1, 0.15) is 17.2 Å². The van der Waals surface area contributed by atoms with Crippen LogP contribution in [-0.2, 0) is 4.79 Å². The topological polar surface area (TPSA) is 97.4 Å². The highest BCUT2D eigenvalue weighted by Crippen LogP contribution is 2.30. The minimum atomic E-state index is -0.505. The molecule has 4 rings (SSSR count). The number of fused-ring (bicyclic) bond motifs is 3. The van der Waals surface area contributed by atoms with Crippen LogP contribution in [0.15, 0.2) is 71.1 Å². The lowest BCUT2D eigenvalue weighted by Gasteiger charge is -2.15. The smallest absolute Gasteiger partial charge is 0.248 e. The number of rotatable bonds is 5. The maximum Gasteiger partial charge on any atom is 0.248 e. The molecule has 0 saturated heterocycles. The number of nitrogens with two attached hydrogens (primary N) is 1. The fourth-order valence-electron chi connectivity index (χ4n) is 3.10. The van der Waals surface area contributed by atoms with Crippen molar-refractivity contribution in [1.29, 1.82) is 0 Å². The van der Waals surface area contributed by atoms with E-state index in [-0.39, 0.29) is 5.91 Å². The lowest BCUT2D eigenvalue weighted by atomic mass is 10.1. The lowest BCUT2D eigenvalue weighted by molar-refractivity contribution is -0.116. The number of hydrogen-bond donors (Lipinski definition) is 3. The molecule has 6 heteroatoms. The Labute approximate surface area is 161 Å². The Morgan fingerprint density at radius 2 is 1.57 bits per heavy atom. The summed E-state index contributed by atoms with van der Waals surface area (Å²) in [6.07, 6.45) is 0. The zero-order chi connectivity index (χ0) is 19.7. The van der Waals surface area contributed by atoms with Crippen LogP contribution in [0.1, 0.15) is 17.3 Å². The minimum Gasteiger partial charge on any atom is -0.456 e. The predicted octanol–water partition coefficient (Wildman–Crippen LogP) is 4.12. The highest BCUT2D eigenvalue weighted by molar-refractivity contribution is 6.06. The second-order valence-electron chi connectivity index (χ2n) is 6.61. The fourth-order valence-corrected chi connectivity index (χ4v) is 3.10. The van der Waals surface area contributed by atoms with E-state index < -0.39 is 11.9 Å². The Hall–Kier alpha value is -3.80. The first-order valence-corrected chi connectivity index (χ1v) is 8.90. The molecule has 0 aliphatic carbocycles. The average Bonchev–Trinajstić information content (AvgIpc) is 3.06. The van der Waals surface area contributed by atoms with E-state index in [0.717, 1.165) is 27.6 Å². The average molecular weight is 373 g/mol. The van der Waals surface area contributed by atoms with Gasteiger partial charge in [0.25, 0.3) is 0 Å². The molecule has 1 aromatic heterocycles. The highest BCUT2D eigenvalue weighted by Gasteiger charge is 2.14. The molecule has 2 amide bonds. The van der Waals surface area contributed by atoms with Gasteiger partial charge in [-0.1, -0.05) is 18.2 Å². The van der Waals surface area contributed by atoms with Crippen molar-refractivity contribution in [1.82, 2.24) is 0 Å². The van der Waals surface area contributed by atoms with Gasteiger partial charge >= 0.3 is 0 Å². The maximum atomic E-state index is 12.5. The number of amides is 2. The van der Waals surface area contributed by atoms with Crippen LogP contribution in [0, 0.1) is 0 Å². The van der Waals surface area contributed by atoms with Gasteiger partial charge < -0.3 is 20.8 Å². The summed E-state index contributed by atoms with van der Waals surface area (Å²) in [5, 5.41) is 8.06. The Balaban J connectivity index is 1.49. The van der Waals surface area contributed by atoms with E-state index in [9.17, 15) is 9.59 Å². The van der Waals surface area contributed by atoms with Gasteiger partial charge in [0, 0.05) is 27.7 Å². The van der Waals surface area contributed by atoms with Crippen LogP contribution >= 0.6 is 0 Å². The first-order chi connectivity index (χ1) is 13.5. The number of benzene rings is 3. The number of furan rings is 1. The molecule has 4 aromatic rings. The number of nitrogens with one attached hydrogen (secondary N) is 2. The summed E-state index contributed by atoms with van der Waals surface area (Å²) >= 11 is 0. The number of anilines is 2. The van der Waals surface area contributed by atoms with Gasteiger partial charge in [-0.05, 0) is 55.5 Å². The molecule has 0 bridgehead atoms. The number of carbonyl (C=O) groups excluding carboxylic acids is 2. The number of para-hydroxylation sites is 1. The molecule has 1 heterocycles. The minimum absolute atomic E-state index is 0.191. The van der Waals surface area contributed by atoms with Gasteiger partial charge in [0.05, 0.1) is 0 Å². The molecule has 4 N–H and O–H groups in total. The second kappa shape index (κ2) is 7.08. The summed E-state index contributed by atoms with van der Waals surface area (Å²) in [6.45, 7) is 1.78. The third-order valence-electron chi connectivity index (χ3n) is 4.59. The Bertz CT molecular complexity index is 1180. The van der Waals surface area contributed by atoms with E-state index in [1.807, 2.05) is 42.5 Å². The standard InChI is InChI=1S/C22H19N3O3/c1-13(22(27)25-15-8-6-14(7-9-15)21(23)26)24-16-10-11-20-18(12-16)17-4-2-3-5-19(17)28-20/h2-13,24H,1H3,(H2,23,26)(H,25,27)/t13-/m0/s1.